The molecule has 1 aliphatic rings. The number of hydrogen-bond acceptors (Lipinski definition) is 5. The normalized spacial score (nSPS) is 21.1. The summed E-state index contributed by atoms with van der Waals surface area (Å²) in [4.78, 5) is 41.9. The zero-order valence-corrected chi connectivity index (χ0v) is 21.4. The molecule has 0 unspecified atom stereocenters. The Morgan fingerprint density at radius 1 is 1.14 bits per heavy atom. The first-order chi connectivity index (χ1) is 17.1. The van der Waals surface area contributed by atoms with Crippen LogP contribution in [0.3, 0.4) is 0 Å². The van der Waals surface area contributed by atoms with Gasteiger partial charge in [-0.2, -0.15) is 0 Å². The van der Waals surface area contributed by atoms with E-state index >= 15 is 0 Å². The van der Waals surface area contributed by atoms with E-state index < -0.39 is 5.82 Å². The smallest absolute Gasteiger partial charge is 0.257 e. The van der Waals surface area contributed by atoms with Crippen LogP contribution in [0.1, 0.15) is 47.9 Å². The molecule has 1 heterocycles. The number of hydrogen-bond donors (Lipinski definition) is 1. The molecule has 8 nitrogen and oxygen atoms in total. The summed E-state index contributed by atoms with van der Waals surface area (Å²) < 4.78 is 25.3. The third-order valence-electron chi connectivity index (χ3n) is 6.40. The number of ether oxygens (including phenoxy) is 2. The average molecular weight is 500 g/mol. The number of nitrogens with one attached hydrogen (secondary N) is 1. The van der Waals surface area contributed by atoms with Gasteiger partial charge in [0.25, 0.3) is 11.8 Å². The van der Waals surface area contributed by atoms with E-state index in [0.717, 1.165) is 0 Å². The number of benzene rings is 2. The van der Waals surface area contributed by atoms with Gasteiger partial charge in [0, 0.05) is 56.9 Å². The zero-order valence-electron chi connectivity index (χ0n) is 21.4. The number of amides is 3. The number of fused-ring (bicyclic) bond motifs is 1. The van der Waals surface area contributed by atoms with Crippen molar-refractivity contribution >= 4 is 23.4 Å². The van der Waals surface area contributed by atoms with Crippen LogP contribution >= 0.6 is 0 Å². The van der Waals surface area contributed by atoms with Gasteiger partial charge in [-0.15, -0.1) is 0 Å². The summed E-state index contributed by atoms with van der Waals surface area (Å²) in [6.45, 7) is 6.33. The van der Waals surface area contributed by atoms with Gasteiger partial charge in [-0.1, -0.05) is 13.8 Å². The maximum atomic E-state index is 13.5. The van der Waals surface area contributed by atoms with Gasteiger partial charge < -0.3 is 24.6 Å². The number of nitrogens with zero attached hydrogens (tertiary/aromatic N) is 2. The molecule has 0 spiro atoms. The number of carbonyl (C=O) groups excluding carboxylic acids is 3. The third kappa shape index (κ3) is 6.40. The van der Waals surface area contributed by atoms with Crippen LogP contribution in [0.4, 0.5) is 10.1 Å². The van der Waals surface area contributed by atoms with Crippen LogP contribution in [0.5, 0.6) is 5.75 Å². The maximum absolute atomic E-state index is 13.5. The number of methoxy groups -OCH3 is 1. The van der Waals surface area contributed by atoms with Gasteiger partial charge >= 0.3 is 0 Å². The second-order valence-electron chi connectivity index (χ2n) is 9.17. The molecule has 1 N–H and O–H groups in total. The van der Waals surface area contributed by atoms with Crippen molar-refractivity contribution in [2.24, 2.45) is 5.92 Å². The fourth-order valence-corrected chi connectivity index (χ4v) is 4.14. The van der Waals surface area contributed by atoms with E-state index in [0.29, 0.717) is 42.1 Å². The first-order valence-corrected chi connectivity index (χ1v) is 12.1. The van der Waals surface area contributed by atoms with E-state index in [1.54, 1.807) is 49.1 Å². The lowest BCUT2D eigenvalue weighted by Crippen LogP contribution is -2.48. The number of halogens is 1. The maximum Gasteiger partial charge on any atom is 0.257 e. The third-order valence-corrected chi connectivity index (χ3v) is 6.40. The van der Waals surface area contributed by atoms with Gasteiger partial charge in [0.1, 0.15) is 18.2 Å². The second-order valence-corrected chi connectivity index (χ2v) is 9.17. The van der Waals surface area contributed by atoms with E-state index in [1.807, 2.05) is 13.8 Å². The van der Waals surface area contributed by atoms with Gasteiger partial charge in [0.15, 0.2) is 0 Å². The second kappa shape index (κ2) is 12.0. The molecule has 2 aromatic rings. The lowest BCUT2D eigenvalue weighted by molar-refractivity contribution is -0.115. The van der Waals surface area contributed by atoms with Crippen LogP contribution < -0.4 is 10.1 Å². The quantitative estimate of drug-likeness (QED) is 0.691. The van der Waals surface area contributed by atoms with Crippen molar-refractivity contribution in [2.75, 3.05) is 39.2 Å². The monoisotopic (exact) mass is 499 g/mol. The van der Waals surface area contributed by atoms with Crippen LogP contribution in [0.15, 0.2) is 42.5 Å². The predicted octanol–water partition coefficient (Wildman–Crippen LogP) is 3.82. The van der Waals surface area contributed by atoms with Crippen molar-refractivity contribution in [3.05, 3.63) is 59.4 Å². The summed E-state index contributed by atoms with van der Waals surface area (Å²) in [7, 11) is 3.27. The molecule has 3 atom stereocenters. The Hall–Kier alpha value is -3.46. The standard InChI is InChI=1S/C27H34FN3O5/c1-6-25(32)29-21-11-12-22-23(13-21)36-16-18(3)31(26(33)19-7-9-20(28)10-8-19)14-17(2)24(35-5)15-30(4)27(22)34/h7-13,17-18,24H,6,14-16H2,1-5H3,(H,29,32)/t17-,18+,24-/m1/s1. The largest absolute Gasteiger partial charge is 0.491 e. The van der Waals surface area contributed by atoms with E-state index in [1.165, 1.54) is 24.3 Å². The van der Waals surface area contributed by atoms with Crippen molar-refractivity contribution in [1.29, 1.82) is 0 Å². The summed E-state index contributed by atoms with van der Waals surface area (Å²) in [6.07, 6.45) is -0.0187. The molecule has 0 saturated carbocycles. The van der Waals surface area contributed by atoms with Crippen LogP contribution in [-0.4, -0.2) is 73.5 Å². The van der Waals surface area contributed by atoms with Gasteiger partial charge in [-0.05, 0) is 43.3 Å². The molecule has 36 heavy (non-hydrogen) atoms. The molecule has 3 rings (SSSR count). The molecule has 0 aromatic heterocycles. The minimum Gasteiger partial charge on any atom is -0.491 e. The van der Waals surface area contributed by atoms with Crippen LogP contribution in [0, 0.1) is 11.7 Å². The Morgan fingerprint density at radius 3 is 2.47 bits per heavy atom. The minimum absolute atomic E-state index is 0.104. The van der Waals surface area contributed by atoms with Crippen LogP contribution in [-0.2, 0) is 9.53 Å². The van der Waals surface area contributed by atoms with Gasteiger partial charge in [-0.25, -0.2) is 4.39 Å². The fraction of sp³-hybridized carbons (Fsp3) is 0.444. The van der Waals surface area contributed by atoms with E-state index in [-0.39, 0.29) is 42.4 Å². The Kier molecular flexibility index (Phi) is 9.03. The number of anilines is 1. The Morgan fingerprint density at radius 2 is 1.83 bits per heavy atom. The first-order valence-electron chi connectivity index (χ1n) is 12.1. The Balaban J connectivity index is 1.99. The fourth-order valence-electron chi connectivity index (χ4n) is 4.14. The predicted molar refractivity (Wildman–Crippen MR) is 135 cm³/mol. The molecule has 3 amide bonds. The summed E-state index contributed by atoms with van der Waals surface area (Å²) in [5, 5.41) is 2.78. The molecule has 9 heteroatoms. The lowest BCUT2D eigenvalue weighted by Gasteiger charge is -2.36. The summed E-state index contributed by atoms with van der Waals surface area (Å²) in [6, 6.07) is 9.98. The van der Waals surface area contributed by atoms with Crippen molar-refractivity contribution in [1.82, 2.24) is 9.80 Å². The molecule has 0 fully saturated rings. The molecule has 0 aliphatic carbocycles. The van der Waals surface area contributed by atoms with Crippen molar-refractivity contribution in [3.8, 4) is 5.75 Å². The molecule has 0 saturated heterocycles. The van der Waals surface area contributed by atoms with Crippen LogP contribution in [0.2, 0.25) is 0 Å². The SMILES string of the molecule is CCC(=O)Nc1ccc2c(c1)OC[C@H](C)N(C(=O)c1ccc(F)cc1)C[C@@H](C)[C@H](OC)CN(C)C2=O. The molecular formula is C27H34FN3O5. The van der Waals surface area contributed by atoms with Crippen molar-refractivity contribution in [3.63, 3.8) is 0 Å². The average Bonchev–Trinajstić information content (AvgIpc) is 2.87. The van der Waals surface area contributed by atoms with Crippen molar-refractivity contribution in [2.45, 2.75) is 39.3 Å². The Bertz CT molecular complexity index is 1090. The highest BCUT2D eigenvalue weighted by molar-refractivity contribution is 5.98. The van der Waals surface area contributed by atoms with E-state index in [2.05, 4.69) is 5.32 Å². The van der Waals surface area contributed by atoms with Gasteiger partial charge in [-0.3, -0.25) is 14.4 Å². The lowest BCUT2D eigenvalue weighted by atomic mass is 10.0. The zero-order chi connectivity index (χ0) is 26.4. The molecular weight excluding hydrogens is 465 g/mol. The summed E-state index contributed by atoms with van der Waals surface area (Å²) >= 11 is 0. The highest BCUT2D eigenvalue weighted by Crippen LogP contribution is 2.27. The van der Waals surface area contributed by atoms with E-state index in [4.69, 9.17) is 9.47 Å². The molecule has 194 valence electrons. The van der Waals surface area contributed by atoms with Crippen molar-refractivity contribution < 1.29 is 28.2 Å². The van der Waals surface area contributed by atoms with E-state index in [9.17, 15) is 18.8 Å². The minimum atomic E-state index is -0.417. The van der Waals surface area contributed by atoms with Crippen LogP contribution in [0.25, 0.3) is 0 Å². The molecule has 2 aromatic carbocycles. The number of rotatable bonds is 4. The molecule has 0 bridgehead atoms. The highest BCUT2D eigenvalue weighted by atomic mass is 19.1. The van der Waals surface area contributed by atoms with Gasteiger partial charge in [0.2, 0.25) is 5.91 Å². The summed E-state index contributed by atoms with van der Waals surface area (Å²) in [5.74, 6) is -0.863. The molecule has 0 radical (unpaired) electrons. The van der Waals surface area contributed by atoms with Gasteiger partial charge in [0.05, 0.1) is 17.7 Å². The topological polar surface area (TPSA) is 88.2 Å². The Labute approximate surface area is 211 Å². The first kappa shape index (κ1) is 27.1. The number of likely N-dealkylation sites (N-methyl/N-ethyl adjacent to an activating group) is 1. The summed E-state index contributed by atoms with van der Waals surface area (Å²) in [5.41, 5.74) is 1.23. The molecule has 1 aliphatic heterocycles. The highest BCUT2D eigenvalue weighted by Gasteiger charge is 2.31. The number of carbonyl (C=O) groups is 3.